The molecule has 2 fully saturated rings. The highest BCUT2D eigenvalue weighted by Crippen LogP contribution is 2.42. The molecule has 0 aliphatic carbocycles. The first-order valence-electron chi connectivity index (χ1n) is 19.1. The van der Waals surface area contributed by atoms with E-state index in [2.05, 4.69) is 0 Å². The van der Waals surface area contributed by atoms with Gasteiger partial charge in [-0.3, -0.25) is 0 Å². The number of hydrogen-bond acceptors (Lipinski definition) is 7. The van der Waals surface area contributed by atoms with Gasteiger partial charge in [-0.05, 0) is 88.3 Å². The van der Waals surface area contributed by atoms with Gasteiger partial charge in [-0.2, -0.15) is 46.3 Å². The van der Waals surface area contributed by atoms with Crippen LogP contribution in [0.15, 0.2) is 148 Å². The topological polar surface area (TPSA) is 93.2 Å². The van der Waals surface area contributed by atoms with Crippen molar-refractivity contribution in [3.8, 4) is 0 Å². The van der Waals surface area contributed by atoms with E-state index in [0.717, 1.165) is 28.6 Å². The lowest BCUT2D eigenvalue weighted by Gasteiger charge is -2.40. The van der Waals surface area contributed by atoms with Crippen LogP contribution >= 0.6 is 34.5 Å². The summed E-state index contributed by atoms with van der Waals surface area (Å²) in [6.07, 6.45) is -12.5. The lowest BCUT2D eigenvalue weighted by atomic mass is 9.96. The summed E-state index contributed by atoms with van der Waals surface area (Å²) in [4.78, 5) is 0.00485. The van der Waals surface area contributed by atoms with Crippen LogP contribution in [0, 0.1) is 5.82 Å². The summed E-state index contributed by atoms with van der Waals surface area (Å²) in [5.74, 6) is -0.684. The molecule has 6 aromatic rings. The maximum Gasteiger partial charge on any atom is 0.416 e. The molecule has 8 nitrogen and oxygen atoms in total. The first-order valence-corrected chi connectivity index (χ1v) is 23.7. The van der Waals surface area contributed by atoms with Gasteiger partial charge >= 0.3 is 12.4 Å². The van der Waals surface area contributed by atoms with Crippen LogP contribution in [-0.2, 0) is 41.9 Å². The smallest absolute Gasteiger partial charge is 0.363 e. The summed E-state index contributed by atoms with van der Waals surface area (Å²) in [6.45, 7) is -0.0127. The van der Waals surface area contributed by atoms with Gasteiger partial charge in [0, 0.05) is 41.6 Å². The average Bonchev–Trinajstić information content (AvgIpc) is 3.77. The van der Waals surface area contributed by atoms with E-state index in [4.69, 9.17) is 32.7 Å². The van der Waals surface area contributed by atoms with E-state index in [1.807, 2.05) is 0 Å². The van der Waals surface area contributed by atoms with Gasteiger partial charge in [0.1, 0.15) is 18.0 Å². The van der Waals surface area contributed by atoms with Crippen LogP contribution in [-0.4, -0.2) is 63.8 Å². The maximum absolute atomic E-state index is 13.7. The number of alkyl halides is 6. The molecule has 0 saturated carbocycles. The van der Waals surface area contributed by atoms with Gasteiger partial charge in [-0.1, -0.05) is 89.9 Å². The standard InChI is InChI=1S/C23H18ClF4NO3S.C21H17ClF3NO3S2/c24-16-10-8-15(9-11-16)22(20-6-1-2-7-21(20)23(26,27)28)32-18-13-29(14-18)33(30,31)19-5-3-4-17(25)12-19;22-15-7-5-14(6-8-15)20(18-3-1-2-4-19(18)21(23,24)25)29-16-11-26(12-16)31(27,28)17-9-10-30-13-17/h1-12,18,22H,13-14H2;1-10,13,16,20H,11-12H2. The summed E-state index contributed by atoms with van der Waals surface area (Å²) >= 11 is 13.1. The highest BCUT2D eigenvalue weighted by atomic mass is 35.5. The van der Waals surface area contributed by atoms with Crippen LogP contribution in [0.2, 0.25) is 10.0 Å². The Morgan fingerprint density at radius 3 is 1.38 bits per heavy atom. The molecular weight excluding hydrogens is 953 g/mol. The molecule has 0 amide bonds. The number of benzene rings is 5. The molecule has 0 spiro atoms. The van der Waals surface area contributed by atoms with Gasteiger partial charge in [-0.15, -0.1) is 0 Å². The molecule has 5 aromatic carbocycles. The molecule has 2 saturated heterocycles. The Hall–Kier alpha value is -4.37. The second kappa shape index (κ2) is 19.2. The first-order chi connectivity index (χ1) is 30.2. The van der Waals surface area contributed by atoms with Gasteiger partial charge < -0.3 is 9.47 Å². The SMILES string of the molecule is O=S(=O)(c1cccc(F)c1)N1CC(OC(c2ccc(Cl)cc2)c2ccccc2C(F)(F)F)C1.O=S(=O)(c1ccsc1)N1CC(OC(c2ccc(Cl)cc2)c2ccccc2C(F)(F)F)C1. The van der Waals surface area contributed by atoms with Crippen molar-refractivity contribution in [2.75, 3.05) is 26.2 Å². The zero-order valence-electron chi connectivity index (χ0n) is 32.9. The van der Waals surface area contributed by atoms with Crippen molar-refractivity contribution in [3.05, 3.63) is 187 Å². The molecule has 8 rings (SSSR count). The summed E-state index contributed by atoms with van der Waals surface area (Å²) in [6, 6.07) is 29.1. The third-order valence-electron chi connectivity index (χ3n) is 10.3. The normalized spacial score (nSPS) is 16.6. The average molecular weight is 988 g/mol. The van der Waals surface area contributed by atoms with Crippen molar-refractivity contribution >= 4 is 54.6 Å². The van der Waals surface area contributed by atoms with E-state index in [9.17, 15) is 47.6 Å². The Kier molecular flexibility index (Phi) is 14.3. The quantitative estimate of drug-likeness (QED) is 0.113. The minimum Gasteiger partial charge on any atom is -0.363 e. The fourth-order valence-electron chi connectivity index (χ4n) is 6.98. The largest absolute Gasteiger partial charge is 0.416 e. The first kappa shape index (κ1) is 47.6. The van der Waals surface area contributed by atoms with E-state index in [1.54, 1.807) is 59.3 Å². The number of ether oxygens (including phenoxy) is 2. The molecule has 64 heavy (non-hydrogen) atoms. The molecule has 0 N–H and O–H groups in total. The second-order valence-electron chi connectivity index (χ2n) is 14.6. The molecule has 0 radical (unpaired) electrons. The van der Waals surface area contributed by atoms with E-state index in [0.29, 0.717) is 21.2 Å². The molecule has 3 heterocycles. The Bertz CT molecular complexity index is 2770. The predicted molar refractivity (Wildman–Crippen MR) is 227 cm³/mol. The molecule has 2 unspecified atom stereocenters. The summed E-state index contributed by atoms with van der Waals surface area (Å²) < 4.78 is 160. The predicted octanol–water partition coefficient (Wildman–Crippen LogP) is 11.3. The Balaban J connectivity index is 0.000000192. The molecule has 2 aliphatic rings. The fourth-order valence-corrected chi connectivity index (χ4v) is 11.3. The van der Waals surface area contributed by atoms with Crippen molar-refractivity contribution in [3.63, 3.8) is 0 Å². The Labute approximate surface area is 378 Å². The lowest BCUT2D eigenvalue weighted by Crippen LogP contribution is -2.54. The van der Waals surface area contributed by atoms with E-state index in [1.165, 1.54) is 70.2 Å². The Morgan fingerprint density at radius 2 is 0.984 bits per heavy atom. The monoisotopic (exact) mass is 986 g/mol. The van der Waals surface area contributed by atoms with Crippen LogP contribution in [0.3, 0.4) is 0 Å². The minimum absolute atomic E-state index is 0.0311. The van der Waals surface area contributed by atoms with Crippen molar-refractivity contribution in [1.82, 2.24) is 8.61 Å². The number of halogens is 9. The summed E-state index contributed by atoms with van der Waals surface area (Å²) in [7, 11) is -7.57. The molecule has 338 valence electrons. The van der Waals surface area contributed by atoms with Crippen molar-refractivity contribution in [1.29, 1.82) is 0 Å². The molecule has 2 aliphatic heterocycles. The summed E-state index contributed by atoms with van der Waals surface area (Å²) in [5.41, 5.74) is -0.802. The molecule has 20 heteroatoms. The number of rotatable bonds is 12. The number of thiophene rings is 1. The third-order valence-corrected chi connectivity index (χ3v) is 15.3. The highest BCUT2D eigenvalue weighted by Gasteiger charge is 2.43. The lowest BCUT2D eigenvalue weighted by molar-refractivity contribution is -0.141. The van der Waals surface area contributed by atoms with Crippen molar-refractivity contribution < 1.29 is 57.0 Å². The highest BCUT2D eigenvalue weighted by molar-refractivity contribution is 7.89. The van der Waals surface area contributed by atoms with Gasteiger partial charge in [-0.25, -0.2) is 21.2 Å². The number of nitrogens with zero attached hydrogens (tertiary/aromatic N) is 2. The van der Waals surface area contributed by atoms with Crippen LogP contribution in [0.4, 0.5) is 30.7 Å². The van der Waals surface area contributed by atoms with Crippen molar-refractivity contribution in [2.45, 2.75) is 46.6 Å². The van der Waals surface area contributed by atoms with E-state index >= 15 is 0 Å². The zero-order valence-corrected chi connectivity index (χ0v) is 36.8. The van der Waals surface area contributed by atoms with Crippen molar-refractivity contribution in [2.24, 2.45) is 0 Å². The van der Waals surface area contributed by atoms with E-state index in [-0.39, 0.29) is 47.1 Å². The van der Waals surface area contributed by atoms with Gasteiger partial charge in [0.15, 0.2) is 0 Å². The molecular formula is C44H35Cl2F7N2O6S3. The van der Waals surface area contributed by atoms with Crippen LogP contribution in [0.1, 0.15) is 45.6 Å². The maximum atomic E-state index is 13.7. The second-order valence-corrected chi connectivity index (χ2v) is 20.1. The fraction of sp³-hybridized carbons (Fsp3) is 0.227. The summed E-state index contributed by atoms with van der Waals surface area (Å²) in [5, 5.41) is 4.08. The van der Waals surface area contributed by atoms with E-state index < -0.39 is 73.8 Å². The zero-order chi connectivity index (χ0) is 46.0. The van der Waals surface area contributed by atoms with Crippen LogP contribution < -0.4 is 0 Å². The number of hydrogen-bond donors (Lipinski definition) is 0. The van der Waals surface area contributed by atoms with Crippen LogP contribution in [0.25, 0.3) is 0 Å². The minimum atomic E-state index is -4.60. The molecule has 2 atom stereocenters. The van der Waals surface area contributed by atoms with Gasteiger partial charge in [0.2, 0.25) is 20.0 Å². The van der Waals surface area contributed by atoms with Gasteiger partial charge in [0.25, 0.3) is 0 Å². The third kappa shape index (κ3) is 10.8. The Morgan fingerprint density at radius 1 is 0.562 bits per heavy atom. The van der Waals surface area contributed by atoms with Gasteiger partial charge in [0.05, 0.1) is 33.1 Å². The molecule has 0 bridgehead atoms. The molecule has 1 aromatic heterocycles. The van der Waals surface area contributed by atoms with Crippen LogP contribution in [0.5, 0.6) is 0 Å². The number of sulfonamides is 2.